The molecule has 92 valence electrons. The van der Waals surface area contributed by atoms with Crippen molar-refractivity contribution in [3.8, 4) is 0 Å². The number of hydrogen-bond acceptors (Lipinski definition) is 3. The van der Waals surface area contributed by atoms with Crippen molar-refractivity contribution in [3.05, 3.63) is 45.3 Å². The summed E-state index contributed by atoms with van der Waals surface area (Å²) in [5, 5.41) is 5.40. The first-order valence-electron chi connectivity index (χ1n) is 5.04. The van der Waals surface area contributed by atoms with Gasteiger partial charge in [-0.2, -0.15) is 0 Å². The van der Waals surface area contributed by atoms with Crippen LogP contribution in [0.1, 0.15) is 5.56 Å². The van der Waals surface area contributed by atoms with Gasteiger partial charge in [-0.25, -0.2) is 8.42 Å². The van der Waals surface area contributed by atoms with Crippen molar-refractivity contribution < 1.29 is 8.42 Å². The highest BCUT2D eigenvalue weighted by molar-refractivity contribution is 7.94. The smallest absolute Gasteiger partial charge is 0.173 e. The first-order chi connectivity index (χ1) is 7.96. The average Bonchev–Trinajstić information content (AvgIpc) is 2.60. The third-order valence-corrected chi connectivity index (χ3v) is 4.62. The number of nitrogens with one attached hydrogen (secondary N) is 1. The molecule has 1 aromatic rings. The molecule has 1 aliphatic rings. The van der Waals surface area contributed by atoms with E-state index >= 15 is 0 Å². The van der Waals surface area contributed by atoms with Gasteiger partial charge < -0.3 is 5.32 Å². The molecule has 1 unspecified atom stereocenters. The van der Waals surface area contributed by atoms with E-state index in [-0.39, 0.29) is 11.8 Å². The summed E-state index contributed by atoms with van der Waals surface area (Å²) in [7, 11) is -3.00. The topological polar surface area (TPSA) is 46.2 Å². The van der Waals surface area contributed by atoms with E-state index in [1.807, 2.05) is 6.07 Å². The van der Waals surface area contributed by atoms with Gasteiger partial charge >= 0.3 is 0 Å². The zero-order chi connectivity index (χ0) is 12.5. The van der Waals surface area contributed by atoms with Crippen molar-refractivity contribution in [3.63, 3.8) is 0 Å². The fraction of sp³-hybridized carbons (Fsp3) is 0.273. The molecule has 0 aromatic heterocycles. The molecular weight excluding hydrogens is 281 g/mol. The normalized spacial score (nSPS) is 21.9. The fourth-order valence-corrected chi connectivity index (χ4v) is 3.19. The Balaban J connectivity index is 1.95. The molecule has 2 rings (SSSR count). The van der Waals surface area contributed by atoms with Crippen LogP contribution in [0.25, 0.3) is 0 Å². The maximum atomic E-state index is 11.2. The van der Waals surface area contributed by atoms with Gasteiger partial charge in [0, 0.05) is 18.0 Å². The van der Waals surface area contributed by atoms with Crippen LogP contribution in [0.15, 0.2) is 29.7 Å². The maximum absolute atomic E-state index is 11.2. The molecule has 1 aliphatic heterocycles. The number of rotatable bonds is 3. The zero-order valence-electron chi connectivity index (χ0n) is 8.86. The van der Waals surface area contributed by atoms with E-state index in [1.165, 1.54) is 5.41 Å². The van der Waals surface area contributed by atoms with Gasteiger partial charge in [0.2, 0.25) is 0 Å². The van der Waals surface area contributed by atoms with Gasteiger partial charge in [-0.15, -0.1) is 0 Å². The Morgan fingerprint density at radius 3 is 2.65 bits per heavy atom. The van der Waals surface area contributed by atoms with Crippen LogP contribution in [0.2, 0.25) is 10.0 Å². The molecule has 0 saturated heterocycles. The Kier molecular flexibility index (Phi) is 3.78. The maximum Gasteiger partial charge on any atom is 0.173 e. The van der Waals surface area contributed by atoms with Crippen LogP contribution in [-0.4, -0.2) is 20.2 Å². The standard InChI is InChI=1S/C11H11Cl2NO2S/c12-10-2-1-8(5-11(10)13)6-14-9-3-4-17(15,16)7-9/h1-5,9,14H,6-7H2. The largest absolute Gasteiger partial charge is 0.305 e. The monoisotopic (exact) mass is 291 g/mol. The van der Waals surface area contributed by atoms with Crippen LogP contribution >= 0.6 is 23.2 Å². The van der Waals surface area contributed by atoms with E-state index in [2.05, 4.69) is 5.32 Å². The highest BCUT2D eigenvalue weighted by atomic mass is 35.5. The minimum Gasteiger partial charge on any atom is -0.305 e. The summed E-state index contributed by atoms with van der Waals surface area (Å²) in [5.41, 5.74) is 0.970. The van der Waals surface area contributed by atoms with Gasteiger partial charge in [0.15, 0.2) is 9.84 Å². The van der Waals surface area contributed by atoms with Gasteiger partial charge in [-0.3, -0.25) is 0 Å². The van der Waals surface area contributed by atoms with Crippen LogP contribution < -0.4 is 5.32 Å². The second kappa shape index (κ2) is 4.98. The van der Waals surface area contributed by atoms with E-state index in [4.69, 9.17) is 23.2 Å². The van der Waals surface area contributed by atoms with Gasteiger partial charge in [-0.1, -0.05) is 35.3 Å². The van der Waals surface area contributed by atoms with Crippen molar-refractivity contribution in [2.24, 2.45) is 0 Å². The molecule has 1 aromatic carbocycles. The molecule has 0 aliphatic carbocycles. The lowest BCUT2D eigenvalue weighted by Gasteiger charge is -2.10. The quantitative estimate of drug-likeness (QED) is 0.930. The minimum absolute atomic E-state index is 0.119. The van der Waals surface area contributed by atoms with Crippen molar-refractivity contribution in [2.45, 2.75) is 12.6 Å². The van der Waals surface area contributed by atoms with Crippen LogP contribution in [0.3, 0.4) is 0 Å². The summed E-state index contributed by atoms with van der Waals surface area (Å²) in [5.74, 6) is 0.119. The van der Waals surface area contributed by atoms with E-state index < -0.39 is 9.84 Å². The summed E-state index contributed by atoms with van der Waals surface area (Å²) in [6.45, 7) is 0.557. The highest BCUT2D eigenvalue weighted by Crippen LogP contribution is 2.22. The van der Waals surface area contributed by atoms with Crippen LogP contribution in [0.4, 0.5) is 0 Å². The average molecular weight is 292 g/mol. The third kappa shape index (κ3) is 3.45. The summed E-state index contributed by atoms with van der Waals surface area (Å²) < 4.78 is 22.4. The van der Waals surface area contributed by atoms with Crippen molar-refractivity contribution in [1.82, 2.24) is 5.32 Å². The van der Waals surface area contributed by atoms with E-state index in [0.717, 1.165) is 5.56 Å². The van der Waals surface area contributed by atoms with Gasteiger partial charge in [0.05, 0.1) is 15.8 Å². The SMILES string of the molecule is O=S1(=O)C=CC(NCc2ccc(Cl)c(Cl)c2)C1. The molecule has 3 nitrogen and oxygen atoms in total. The molecule has 1 N–H and O–H groups in total. The zero-order valence-corrected chi connectivity index (χ0v) is 11.2. The van der Waals surface area contributed by atoms with Gasteiger partial charge in [0.1, 0.15) is 0 Å². The molecule has 0 radical (unpaired) electrons. The second-order valence-corrected chi connectivity index (χ2v) is 6.64. The van der Waals surface area contributed by atoms with Gasteiger partial charge in [0.25, 0.3) is 0 Å². The number of benzene rings is 1. The molecule has 1 atom stereocenters. The molecular formula is C11H11Cl2NO2S. The highest BCUT2D eigenvalue weighted by Gasteiger charge is 2.20. The summed E-state index contributed by atoms with van der Waals surface area (Å²) in [6, 6.07) is 5.22. The predicted octanol–water partition coefficient (Wildman–Crippen LogP) is 2.39. The minimum atomic E-state index is -3.00. The van der Waals surface area contributed by atoms with Crippen molar-refractivity contribution >= 4 is 33.0 Å². The van der Waals surface area contributed by atoms with Crippen molar-refractivity contribution in [1.29, 1.82) is 0 Å². The van der Waals surface area contributed by atoms with Crippen molar-refractivity contribution in [2.75, 3.05) is 5.75 Å². The Bertz CT molecular complexity index is 555. The lowest BCUT2D eigenvalue weighted by atomic mass is 10.2. The number of halogens is 2. The molecule has 6 heteroatoms. The Labute approximate surface area is 110 Å². The van der Waals surface area contributed by atoms with Crippen LogP contribution in [-0.2, 0) is 16.4 Å². The fourth-order valence-electron chi connectivity index (χ4n) is 1.60. The first-order valence-corrected chi connectivity index (χ1v) is 7.52. The first kappa shape index (κ1) is 12.9. The summed E-state index contributed by atoms with van der Waals surface area (Å²) >= 11 is 11.7. The van der Waals surface area contributed by atoms with Crippen LogP contribution in [0, 0.1) is 0 Å². The molecule has 0 bridgehead atoms. The van der Waals surface area contributed by atoms with E-state index in [0.29, 0.717) is 16.6 Å². The summed E-state index contributed by atoms with van der Waals surface area (Å²) in [6.07, 6.45) is 1.66. The Morgan fingerprint density at radius 2 is 2.06 bits per heavy atom. The molecule has 0 amide bonds. The second-order valence-electron chi connectivity index (χ2n) is 3.89. The summed E-state index contributed by atoms with van der Waals surface area (Å²) in [4.78, 5) is 0. The molecule has 0 spiro atoms. The number of sulfone groups is 1. The number of hydrogen-bond donors (Lipinski definition) is 1. The molecule has 0 saturated carbocycles. The van der Waals surface area contributed by atoms with Crippen LogP contribution in [0.5, 0.6) is 0 Å². The predicted molar refractivity (Wildman–Crippen MR) is 70.0 cm³/mol. The third-order valence-electron chi connectivity index (χ3n) is 2.48. The Hall–Kier alpha value is -0.550. The molecule has 1 heterocycles. The lowest BCUT2D eigenvalue weighted by molar-refractivity contribution is 0.590. The van der Waals surface area contributed by atoms with Gasteiger partial charge in [-0.05, 0) is 17.7 Å². The molecule has 0 fully saturated rings. The molecule has 17 heavy (non-hydrogen) atoms. The lowest BCUT2D eigenvalue weighted by Crippen LogP contribution is -2.29. The Morgan fingerprint density at radius 1 is 1.29 bits per heavy atom. The van der Waals surface area contributed by atoms with E-state index in [1.54, 1.807) is 18.2 Å². The van der Waals surface area contributed by atoms with E-state index in [9.17, 15) is 8.42 Å².